The van der Waals surface area contributed by atoms with Crippen LogP contribution in [0.1, 0.15) is 15.9 Å². The molecule has 1 aromatic heterocycles. The monoisotopic (exact) mass is 360 g/mol. The number of benzene rings is 1. The Bertz CT molecular complexity index is 859. The molecule has 1 aromatic carbocycles. The van der Waals surface area contributed by atoms with Gasteiger partial charge in [-0.05, 0) is 23.8 Å². The number of hydrogen-bond donors (Lipinski definition) is 1. The zero-order valence-corrected chi connectivity index (χ0v) is 14.8. The van der Waals surface area contributed by atoms with Crippen molar-refractivity contribution in [2.45, 2.75) is 6.54 Å². The number of hydrogen-bond acceptors (Lipinski definition) is 6. The van der Waals surface area contributed by atoms with Crippen LogP contribution < -0.4 is 20.3 Å². The predicted molar refractivity (Wildman–Crippen MR) is 93.4 cm³/mol. The Morgan fingerprint density at radius 1 is 1.08 bits per heavy atom. The van der Waals surface area contributed by atoms with Crippen LogP contribution in [0.15, 0.2) is 41.3 Å². The minimum atomic E-state index is -0.732. The van der Waals surface area contributed by atoms with Gasteiger partial charge in [0, 0.05) is 25.9 Å². The highest BCUT2D eigenvalue weighted by Crippen LogP contribution is 2.27. The van der Waals surface area contributed by atoms with E-state index in [2.05, 4.69) is 5.32 Å². The Morgan fingerprint density at radius 2 is 1.81 bits per heavy atom. The minimum Gasteiger partial charge on any atom is -0.493 e. The van der Waals surface area contributed by atoms with Gasteiger partial charge in [0.1, 0.15) is 0 Å². The van der Waals surface area contributed by atoms with Gasteiger partial charge in [-0.2, -0.15) is 0 Å². The van der Waals surface area contributed by atoms with Crippen LogP contribution in [0.5, 0.6) is 11.5 Å². The van der Waals surface area contributed by atoms with Crippen LogP contribution in [-0.2, 0) is 23.1 Å². The molecule has 0 aliphatic heterocycles. The molecule has 138 valence electrons. The summed E-state index contributed by atoms with van der Waals surface area (Å²) in [7, 11) is 4.63. The second-order valence-corrected chi connectivity index (χ2v) is 5.41. The Kier molecular flexibility index (Phi) is 6.37. The third-order valence-electron chi connectivity index (χ3n) is 3.61. The molecular weight excluding hydrogens is 340 g/mol. The van der Waals surface area contributed by atoms with Gasteiger partial charge < -0.3 is 24.1 Å². The van der Waals surface area contributed by atoms with E-state index in [-0.39, 0.29) is 17.7 Å². The minimum absolute atomic E-state index is 0.0980. The maximum atomic E-state index is 11.9. The topological polar surface area (TPSA) is 95.9 Å². The van der Waals surface area contributed by atoms with Crippen LogP contribution in [0.4, 0.5) is 0 Å². The molecule has 0 bridgehead atoms. The Hall–Kier alpha value is -3.29. The molecule has 2 aromatic rings. The lowest BCUT2D eigenvalue weighted by molar-refractivity contribution is -0.124. The first-order valence-electron chi connectivity index (χ1n) is 7.76. The van der Waals surface area contributed by atoms with Crippen molar-refractivity contribution >= 4 is 11.9 Å². The number of carbonyl (C=O) groups is 2. The first-order chi connectivity index (χ1) is 12.4. The summed E-state index contributed by atoms with van der Waals surface area (Å²) in [6.45, 7) is -0.204. The van der Waals surface area contributed by atoms with Gasteiger partial charge in [-0.1, -0.05) is 6.07 Å². The number of aryl methyl sites for hydroxylation is 1. The molecule has 0 aliphatic carbocycles. The van der Waals surface area contributed by atoms with E-state index in [1.165, 1.54) is 31.0 Å². The third-order valence-corrected chi connectivity index (χ3v) is 3.61. The molecule has 0 radical (unpaired) electrons. The summed E-state index contributed by atoms with van der Waals surface area (Å²) in [6.07, 6.45) is 1.45. The molecule has 8 heteroatoms. The Morgan fingerprint density at radius 3 is 2.46 bits per heavy atom. The second-order valence-electron chi connectivity index (χ2n) is 5.41. The summed E-state index contributed by atoms with van der Waals surface area (Å²) in [4.78, 5) is 35.2. The molecule has 1 heterocycles. The van der Waals surface area contributed by atoms with Crippen LogP contribution in [0.25, 0.3) is 0 Å². The van der Waals surface area contributed by atoms with Crippen molar-refractivity contribution in [1.29, 1.82) is 0 Å². The van der Waals surface area contributed by atoms with Gasteiger partial charge in [-0.15, -0.1) is 0 Å². The number of nitrogens with zero attached hydrogens (tertiary/aromatic N) is 1. The number of amides is 1. The maximum absolute atomic E-state index is 11.9. The highest BCUT2D eigenvalue weighted by Gasteiger charge is 2.11. The molecule has 0 spiro atoms. The summed E-state index contributed by atoms with van der Waals surface area (Å²) in [6, 6.07) is 7.86. The van der Waals surface area contributed by atoms with Crippen molar-refractivity contribution in [3.8, 4) is 11.5 Å². The third kappa shape index (κ3) is 4.85. The number of rotatable bonds is 7. The van der Waals surface area contributed by atoms with Crippen LogP contribution in [0.2, 0.25) is 0 Å². The summed E-state index contributed by atoms with van der Waals surface area (Å²) in [5.41, 5.74) is 0.562. The van der Waals surface area contributed by atoms with Crippen molar-refractivity contribution in [2.24, 2.45) is 7.05 Å². The number of ether oxygens (including phenoxy) is 3. The Labute approximate surface area is 150 Å². The largest absolute Gasteiger partial charge is 0.493 e. The van der Waals surface area contributed by atoms with Crippen LogP contribution in [0, 0.1) is 0 Å². The Balaban J connectivity index is 1.86. The normalized spacial score (nSPS) is 10.1. The van der Waals surface area contributed by atoms with Crippen LogP contribution in [-0.4, -0.2) is 37.3 Å². The smallest absolute Gasteiger partial charge is 0.338 e. The predicted octanol–water partition coefficient (Wildman–Crippen LogP) is 0.876. The molecule has 0 aliphatic rings. The molecule has 0 saturated carbocycles. The standard InChI is InChI=1S/C18H20N2O6/c1-20-7-6-13(9-17(20)22)18(23)26-11-16(21)19-10-12-4-5-14(24-2)15(8-12)25-3/h4-9H,10-11H2,1-3H3,(H,19,21). The van der Waals surface area contributed by atoms with E-state index in [0.717, 1.165) is 11.6 Å². The van der Waals surface area contributed by atoms with E-state index in [9.17, 15) is 14.4 Å². The number of nitrogens with one attached hydrogen (secondary N) is 1. The van der Waals surface area contributed by atoms with Gasteiger partial charge >= 0.3 is 5.97 Å². The van der Waals surface area contributed by atoms with Gasteiger partial charge in [0.05, 0.1) is 19.8 Å². The molecule has 2 rings (SSSR count). The molecule has 8 nitrogen and oxygen atoms in total. The summed E-state index contributed by atoms with van der Waals surface area (Å²) >= 11 is 0. The highest BCUT2D eigenvalue weighted by atomic mass is 16.5. The first kappa shape index (κ1) is 19.0. The van der Waals surface area contributed by atoms with Crippen molar-refractivity contribution in [1.82, 2.24) is 9.88 Å². The molecule has 0 fully saturated rings. The van der Waals surface area contributed by atoms with Crippen molar-refractivity contribution in [2.75, 3.05) is 20.8 Å². The quantitative estimate of drug-likeness (QED) is 0.737. The van der Waals surface area contributed by atoms with Crippen molar-refractivity contribution in [3.63, 3.8) is 0 Å². The zero-order chi connectivity index (χ0) is 19.1. The first-order valence-corrected chi connectivity index (χ1v) is 7.76. The van der Waals surface area contributed by atoms with E-state index in [1.807, 2.05) is 0 Å². The number of carbonyl (C=O) groups excluding carboxylic acids is 2. The summed E-state index contributed by atoms with van der Waals surface area (Å²) in [5.74, 6) is -0.0530. The number of aromatic nitrogens is 1. The second kappa shape index (κ2) is 8.70. The maximum Gasteiger partial charge on any atom is 0.338 e. The van der Waals surface area contributed by atoms with Gasteiger partial charge in [-0.25, -0.2) is 4.79 Å². The van der Waals surface area contributed by atoms with Crippen LogP contribution >= 0.6 is 0 Å². The van der Waals surface area contributed by atoms with E-state index in [0.29, 0.717) is 11.5 Å². The van der Waals surface area contributed by atoms with E-state index in [1.54, 1.807) is 25.2 Å². The van der Waals surface area contributed by atoms with E-state index < -0.39 is 18.5 Å². The molecular formula is C18H20N2O6. The summed E-state index contributed by atoms with van der Waals surface area (Å²) < 4.78 is 16.6. The number of methoxy groups -OCH3 is 2. The fourth-order valence-electron chi connectivity index (χ4n) is 2.13. The van der Waals surface area contributed by atoms with E-state index in [4.69, 9.17) is 14.2 Å². The van der Waals surface area contributed by atoms with E-state index >= 15 is 0 Å². The fraction of sp³-hybridized carbons (Fsp3) is 0.278. The highest BCUT2D eigenvalue weighted by molar-refractivity contribution is 5.91. The van der Waals surface area contributed by atoms with Crippen LogP contribution in [0.3, 0.4) is 0 Å². The molecule has 1 N–H and O–H groups in total. The van der Waals surface area contributed by atoms with Crippen molar-refractivity contribution in [3.05, 3.63) is 58.0 Å². The summed E-state index contributed by atoms with van der Waals surface area (Å²) in [5, 5.41) is 2.64. The average molecular weight is 360 g/mol. The fourth-order valence-corrected chi connectivity index (χ4v) is 2.13. The van der Waals surface area contributed by atoms with Gasteiger partial charge in [0.2, 0.25) is 0 Å². The number of esters is 1. The van der Waals surface area contributed by atoms with Gasteiger partial charge in [0.15, 0.2) is 18.1 Å². The molecule has 0 saturated heterocycles. The van der Waals surface area contributed by atoms with Gasteiger partial charge in [-0.3, -0.25) is 9.59 Å². The average Bonchev–Trinajstić information content (AvgIpc) is 2.66. The van der Waals surface area contributed by atoms with Gasteiger partial charge in [0.25, 0.3) is 11.5 Å². The SMILES string of the molecule is COc1ccc(CNC(=O)COC(=O)c2ccn(C)c(=O)c2)cc1OC. The number of pyridine rings is 1. The molecule has 26 heavy (non-hydrogen) atoms. The molecule has 0 unspecified atom stereocenters. The lowest BCUT2D eigenvalue weighted by Gasteiger charge is -2.10. The lowest BCUT2D eigenvalue weighted by Crippen LogP contribution is -2.28. The van der Waals surface area contributed by atoms with Crippen molar-refractivity contribution < 1.29 is 23.8 Å². The zero-order valence-electron chi connectivity index (χ0n) is 14.8. The molecule has 1 amide bonds. The lowest BCUT2D eigenvalue weighted by atomic mass is 10.2. The molecule has 0 atom stereocenters.